The molecule has 0 saturated carbocycles. The smallest absolute Gasteiger partial charge is 0.337 e. The fourth-order valence-corrected chi connectivity index (χ4v) is 3.84. The summed E-state index contributed by atoms with van der Waals surface area (Å²) in [5.74, 6) is -0.877. The number of nitrogens with zero attached hydrogens (tertiary/aromatic N) is 2. The van der Waals surface area contributed by atoms with Crippen molar-refractivity contribution in [3.8, 4) is 0 Å². The summed E-state index contributed by atoms with van der Waals surface area (Å²) >= 11 is 13.2. The third kappa shape index (κ3) is 3.46. The Morgan fingerprint density at radius 2 is 1.92 bits per heavy atom. The topological polar surface area (TPSA) is 60.7 Å². The molecule has 0 unspecified atom stereocenters. The maximum atomic E-state index is 12.4. The van der Waals surface area contributed by atoms with Crippen LogP contribution in [0.2, 0.25) is 10.0 Å². The van der Waals surface area contributed by atoms with Crippen molar-refractivity contribution in [1.29, 1.82) is 0 Å². The van der Waals surface area contributed by atoms with Gasteiger partial charge in [-0.25, -0.2) is 4.79 Å². The van der Waals surface area contributed by atoms with Gasteiger partial charge in [-0.05, 0) is 36.4 Å². The van der Waals surface area contributed by atoms with Crippen molar-refractivity contribution in [2.45, 2.75) is 0 Å². The molecule has 0 atom stereocenters. The molecule has 0 radical (unpaired) electrons. The quantitative estimate of drug-likeness (QED) is 0.615. The Bertz CT molecular complexity index is 1070. The molecule has 128 valence electrons. The summed E-state index contributed by atoms with van der Waals surface area (Å²) in [7, 11) is 3.13. The molecule has 1 aromatic heterocycles. The number of hydrogen-bond donors (Lipinski definition) is 0. The molecule has 0 fully saturated rings. The highest BCUT2D eigenvalue weighted by Gasteiger charge is 2.13. The average molecular weight is 395 g/mol. The van der Waals surface area contributed by atoms with Crippen molar-refractivity contribution in [2.75, 3.05) is 7.11 Å². The average Bonchev–Trinajstić information content (AvgIpc) is 2.89. The maximum absolute atomic E-state index is 12.4. The van der Waals surface area contributed by atoms with Crippen molar-refractivity contribution in [3.63, 3.8) is 0 Å². The van der Waals surface area contributed by atoms with Gasteiger partial charge in [0.1, 0.15) is 0 Å². The van der Waals surface area contributed by atoms with Crippen LogP contribution in [0.4, 0.5) is 0 Å². The minimum absolute atomic E-state index is 0.248. The van der Waals surface area contributed by atoms with Crippen LogP contribution in [0, 0.1) is 0 Å². The van der Waals surface area contributed by atoms with Gasteiger partial charge in [0.2, 0.25) is 0 Å². The Kier molecular flexibility index (Phi) is 4.94. The lowest BCUT2D eigenvalue weighted by Gasteiger charge is -2.00. The van der Waals surface area contributed by atoms with Gasteiger partial charge in [-0.3, -0.25) is 4.79 Å². The SMILES string of the molecule is COC(=O)c1ccc2c(c1)sc(=NC(=O)c1ccc(Cl)cc1Cl)n2C. The number of carbonyl (C=O) groups excluding carboxylic acids is 2. The Hall–Kier alpha value is -2.15. The zero-order valence-electron chi connectivity index (χ0n) is 13.2. The second-order valence-electron chi connectivity index (χ2n) is 5.16. The number of thiazole rings is 1. The zero-order valence-corrected chi connectivity index (χ0v) is 15.6. The number of methoxy groups -OCH3 is 1. The molecule has 0 aliphatic carbocycles. The van der Waals surface area contributed by atoms with Crippen LogP contribution >= 0.6 is 34.5 Å². The first kappa shape index (κ1) is 17.7. The highest BCUT2D eigenvalue weighted by molar-refractivity contribution is 7.16. The number of fused-ring (bicyclic) bond motifs is 1. The monoisotopic (exact) mass is 394 g/mol. The second-order valence-corrected chi connectivity index (χ2v) is 7.01. The number of ether oxygens (including phenoxy) is 1. The van der Waals surface area contributed by atoms with Gasteiger partial charge in [0.25, 0.3) is 5.91 Å². The highest BCUT2D eigenvalue weighted by Crippen LogP contribution is 2.22. The van der Waals surface area contributed by atoms with Crippen LogP contribution in [0.3, 0.4) is 0 Å². The highest BCUT2D eigenvalue weighted by atomic mass is 35.5. The summed E-state index contributed by atoms with van der Waals surface area (Å²) in [5.41, 5.74) is 1.57. The molecular weight excluding hydrogens is 383 g/mol. The lowest BCUT2D eigenvalue weighted by Crippen LogP contribution is -2.13. The van der Waals surface area contributed by atoms with Gasteiger partial charge >= 0.3 is 5.97 Å². The van der Waals surface area contributed by atoms with Crippen molar-refractivity contribution in [1.82, 2.24) is 4.57 Å². The molecule has 8 heteroatoms. The Balaban J connectivity index is 2.08. The van der Waals surface area contributed by atoms with E-state index in [1.165, 1.54) is 24.5 Å². The summed E-state index contributed by atoms with van der Waals surface area (Å²) in [6.45, 7) is 0. The number of amides is 1. The van der Waals surface area contributed by atoms with Gasteiger partial charge in [-0.2, -0.15) is 4.99 Å². The lowest BCUT2D eigenvalue weighted by atomic mass is 10.2. The van der Waals surface area contributed by atoms with Crippen LogP contribution < -0.4 is 4.80 Å². The predicted octanol–water partition coefficient (Wildman–Crippen LogP) is 4.07. The Morgan fingerprint density at radius 3 is 2.60 bits per heavy atom. The first-order chi connectivity index (χ1) is 11.9. The number of halogens is 2. The van der Waals surface area contributed by atoms with Crippen molar-refractivity contribution in [3.05, 3.63) is 62.4 Å². The van der Waals surface area contributed by atoms with E-state index in [9.17, 15) is 9.59 Å². The van der Waals surface area contributed by atoms with E-state index in [1.807, 2.05) is 0 Å². The molecule has 3 rings (SSSR count). The van der Waals surface area contributed by atoms with Crippen LogP contribution in [0.5, 0.6) is 0 Å². The molecule has 25 heavy (non-hydrogen) atoms. The van der Waals surface area contributed by atoms with Gasteiger partial charge < -0.3 is 9.30 Å². The number of aryl methyl sites for hydroxylation is 1. The molecule has 0 aliphatic heterocycles. The molecule has 0 saturated heterocycles. The summed E-state index contributed by atoms with van der Waals surface area (Å²) in [6.07, 6.45) is 0. The fraction of sp³-hybridized carbons (Fsp3) is 0.118. The van der Waals surface area contributed by atoms with Crippen LogP contribution in [-0.4, -0.2) is 23.6 Å². The van der Waals surface area contributed by atoms with Gasteiger partial charge in [-0.1, -0.05) is 34.5 Å². The predicted molar refractivity (Wildman–Crippen MR) is 98.5 cm³/mol. The normalized spacial score (nSPS) is 11.8. The van der Waals surface area contributed by atoms with Gasteiger partial charge in [0.05, 0.1) is 33.5 Å². The third-order valence-electron chi connectivity index (χ3n) is 3.59. The minimum atomic E-state index is -0.461. The summed E-state index contributed by atoms with van der Waals surface area (Å²) < 4.78 is 7.32. The molecule has 5 nitrogen and oxygen atoms in total. The van der Waals surface area contributed by atoms with E-state index >= 15 is 0 Å². The first-order valence-corrected chi connectivity index (χ1v) is 8.70. The number of esters is 1. The van der Waals surface area contributed by atoms with E-state index in [0.29, 0.717) is 15.4 Å². The van der Waals surface area contributed by atoms with E-state index in [1.54, 1.807) is 41.9 Å². The van der Waals surface area contributed by atoms with Crippen LogP contribution in [0.25, 0.3) is 10.2 Å². The largest absolute Gasteiger partial charge is 0.465 e. The molecule has 0 N–H and O–H groups in total. The maximum Gasteiger partial charge on any atom is 0.337 e. The Morgan fingerprint density at radius 1 is 1.16 bits per heavy atom. The van der Waals surface area contributed by atoms with Crippen LogP contribution in [0.1, 0.15) is 20.7 Å². The molecule has 1 amide bonds. The molecule has 0 aliphatic rings. The van der Waals surface area contributed by atoms with Crippen molar-refractivity contribution < 1.29 is 14.3 Å². The van der Waals surface area contributed by atoms with E-state index in [0.717, 1.165) is 10.2 Å². The summed E-state index contributed by atoms with van der Waals surface area (Å²) in [5, 5.41) is 0.697. The fourth-order valence-electron chi connectivity index (χ4n) is 2.30. The summed E-state index contributed by atoms with van der Waals surface area (Å²) in [4.78, 5) is 28.7. The van der Waals surface area contributed by atoms with E-state index in [2.05, 4.69) is 4.99 Å². The van der Waals surface area contributed by atoms with Gasteiger partial charge in [-0.15, -0.1) is 0 Å². The van der Waals surface area contributed by atoms with Crippen LogP contribution in [0.15, 0.2) is 41.4 Å². The Labute approximate surface area is 157 Å². The molecule has 2 aromatic carbocycles. The standard InChI is InChI=1S/C17H12Cl2N2O3S/c1-21-13-6-3-9(16(23)24-2)7-14(13)25-17(21)20-15(22)11-5-4-10(18)8-12(11)19/h3-8H,1-2H3. The molecule has 3 aromatic rings. The first-order valence-electron chi connectivity index (χ1n) is 7.12. The number of benzene rings is 2. The van der Waals surface area contributed by atoms with E-state index in [4.69, 9.17) is 27.9 Å². The van der Waals surface area contributed by atoms with E-state index in [-0.39, 0.29) is 10.6 Å². The zero-order chi connectivity index (χ0) is 18.1. The van der Waals surface area contributed by atoms with Gasteiger partial charge in [0.15, 0.2) is 4.80 Å². The number of carbonyl (C=O) groups is 2. The summed E-state index contributed by atoms with van der Waals surface area (Å²) in [6, 6.07) is 9.80. The second kappa shape index (κ2) is 7.00. The van der Waals surface area contributed by atoms with E-state index < -0.39 is 11.9 Å². The molecule has 0 bridgehead atoms. The van der Waals surface area contributed by atoms with Crippen LogP contribution in [-0.2, 0) is 11.8 Å². The minimum Gasteiger partial charge on any atom is -0.465 e. The molecule has 0 spiro atoms. The molecular formula is C17H12Cl2N2O3S. The molecule has 1 heterocycles. The number of hydrogen-bond acceptors (Lipinski definition) is 4. The number of rotatable bonds is 2. The third-order valence-corrected chi connectivity index (χ3v) is 5.23. The number of aromatic nitrogens is 1. The van der Waals surface area contributed by atoms with Gasteiger partial charge in [0, 0.05) is 12.1 Å². The van der Waals surface area contributed by atoms with Crippen molar-refractivity contribution in [2.24, 2.45) is 12.0 Å². The van der Waals surface area contributed by atoms with Crippen molar-refractivity contribution >= 4 is 56.6 Å². The lowest BCUT2D eigenvalue weighted by molar-refractivity contribution is 0.0601.